The molecule has 4 aliphatic rings. The van der Waals surface area contributed by atoms with Crippen molar-refractivity contribution >= 4 is 11.6 Å². The van der Waals surface area contributed by atoms with Crippen molar-refractivity contribution in [3.8, 4) is 0 Å². The van der Waals surface area contributed by atoms with E-state index in [1.165, 1.54) is 12.8 Å². The smallest absolute Gasteiger partial charge is 0.153 e. The molecule has 2 heterocycles. The van der Waals surface area contributed by atoms with Crippen LogP contribution in [-0.2, 0) is 13.2 Å². The molecular formula is C20H28N6O2. The number of hydrogen-bond acceptors (Lipinski definition) is 7. The quantitative estimate of drug-likeness (QED) is 0.515. The second-order valence-corrected chi connectivity index (χ2v) is 8.98. The molecule has 28 heavy (non-hydrogen) atoms. The lowest BCUT2D eigenvalue weighted by Crippen LogP contribution is -2.60. The number of H-pyrrole nitrogens is 1. The Balaban J connectivity index is 1.29. The van der Waals surface area contributed by atoms with Gasteiger partial charge in [0.05, 0.1) is 24.4 Å². The monoisotopic (exact) mass is 384 g/mol. The van der Waals surface area contributed by atoms with Gasteiger partial charge in [-0.2, -0.15) is 5.10 Å². The summed E-state index contributed by atoms with van der Waals surface area (Å²) in [6.45, 7) is 2.37. The summed E-state index contributed by atoms with van der Waals surface area (Å²) in [4.78, 5) is 9.08. The molecule has 0 amide bonds. The zero-order chi connectivity index (χ0) is 19.3. The van der Waals surface area contributed by atoms with Crippen molar-refractivity contribution in [1.29, 1.82) is 0 Å². The van der Waals surface area contributed by atoms with Gasteiger partial charge in [0.15, 0.2) is 5.82 Å². The van der Waals surface area contributed by atoms with Gasteiger partial charge in [0.1, 0.15) is 11.6 Å². The van der Waals surface area contributed by atoms with Crippen molar-refractivity contribution < 1.29 is 10.2 Å². The Morgan fingerprint density at radius 3 is 2.57 bits per heavy atom. The van der Waals surface area contributed by atoms with Crippen LogP contribution in [0.3, 0.4) is 0 Å². The van der Waals surface area contributed by atoms with Crippen molar-refractivity contribution in [1.82, 2.24) is 25.5 Å². The lowest BCUT2D eigenvalue weighted by molar-refractivity contribution is -0.138. The largest absolute Gasteiger partial charge is 0.390 e. The average molecular weight is 384 g/mol. The summed E-state index contributed by atoms with van der Waals surface area (Å²) in [5.41, 5.74) is 1.13. The second kappa shape index (κ2) is 6.79. The fourth-order valence-corrected chi connectivity index (χ4v) is 5.91. The summed E-state index contributed by atoms with van der Waals surface area (Å²) >= 11 is 0. The number of rotatable bonds is 6. The number of anilines is 2. The molecule has 2 aromatic rings. The molecule has 0 radical (unpaired) electrons. The summed E-state index contributed by atoms with van der Waals surface area (Å²) in [5.74, 6) is 3.76. The minimum atomic E-state index is -0.416. The van der Waals surface area contributed by atoms with Gasteiger partial charge in [0, 0.05) is 23.9 Å². The van der Waals surface area contributed by atoms with Gasteiger partial charge in [-0.3, -0.25) is 5.10 Å². The van der Waals surface area contributed by atoms with E-state index < -0.39 is 5.60 Å². The predicted octanol–water partition coefficient (Wildman–Crippen LogP) is 1.77. The number of aromatic nitrogens is 4. The summed E-state index contributed by atoms with van der Waals surface area (Å²) in [5, 5.41) is 34.2. The number of nitrogens with zero attached hydrogens (tertiary/aromatic N) is 3. The highest BCUT2D eigenvalue weighted by Gasteiger charge is 2.54. The van der Waals surface area contributed by atoms with Crippen LogP contribution in [0.4, 0.5) is 11.6 Å². The topological polar surface area (TPSA) is 119 Å². The zero-order valence-corrected chi connectivity index (χ0v) is 16.1. The molecule has 2 atom stereocenters. The van der Waals surface area contributed by atoms with Crippen LogP contribution in [0.25, 0.3) is 0 Å². The molecule has 2 unspecified atom stereocenters. The molecule has 8 nitrogen and oxygen atoms in total. The van der Waals surface area contributed by atoms with Crippen LogP contribution in [0, 0.1) is 24.7 Å². The lowest BCUT2D eigenvalue weighted by atomic mass is 9.52. The van der Waals surface area contributed by atoms with Crippen molar-refractivity contribution in [3.63, 3.8) is 0 Å². The minimum absolute atomic E-state index is 0.132. The Hall–Kier alpha value is -2.03. The Morgan fingerprint density at radius 2 is 1.93 bits per heavy atom. The molecule has 4 saturated carbocycles. The van der Waals surface area contributed by atoms with E-state index in [1.54, 1.807) is 6.07 Å². The fraction of sp³-hybridized carbons (Fsp3) is 0.650. The molecule has 0 spiro atoms. The van der Waals surface area contributed by atoms with Crippen LogP contribution in [0.15, 0.2) is 12.1 Å². The highest BCUT2D eigenvalue weighted by Crippen LogP contribution is 2.55. The number of aryl methyl sites for hydroxylation is 1. The lowest BCUT2D eigenvalue weighted by Gasteiger charge is -2.58. The number of aliphatic hydroxyl groups is 2. The Labute approximate surface area is 164 Å². The molecule has 0 aliphatic heterocycles. The van der Waals surface area contributed by atoms with Crippen LogP contribution in [0.5, 0.6) is 0 Å². The molecule has 4 bridgehead atoms. The maximum absolute atomic E-state index is 10.8. The normalized spacial score (nSPS) is 33.4. The van der Waals surface area contributed by atoms with Crippen LogP contribution >= 0.6 is 0 Å². The molecule has 5 N–H and O–H groups in total. The SMILES string of the molecule is Cc1cc(Nc2cc(CO)nc(CNC3C4CC5CC3CC(O)(C5)C4)n2)n[nH]1. The van der Waals surface area contributed by atoms with Gasteiger partial charge in [-0.05, 0) is 56.8 Å². The molecule has 0 aromatic carbocycles. The number of aliphatic hydroxyl groups excluding tert-OH is 1. The molecular weight excluding hydrogens is 356 g/mol. The van der Waals surface area contributed by atoms with Crippen LogP contribution < -0.4 is 10.6 Å². The van der Waals surface area contributed by atoms with Crippen LogP contribution in [-0.4, -0.2) is 42.0 Å². The third kappa shape index (κ3) is 3.40. The first kappa shape index (κ1) is 18.0. The molecule has 150 valence electrons. The van der Waals surface area contributed by atoms with E-state index in [1.807, 2.05) is 13.0 Å². The van der Waals surface area contributed by atoms with E-state index in [0.29, 0.717) is 53.5 Å². The van der Waals surface area contributed by atoms with Gasteiger partial charge in [0.2, 0.25) is 0 Å². The summed E-state index contributed by atoms with van der Waals surface area (Å²) < 4.78 is 0. The number of nitrogens with one attached hydrogen (secondary N) is 3. The molecule has 6 rings (SSSR count). The van der Waals surface area contributed by atoms with Crippen molar-refractivity contribution in [2.24, 2.45) is 17.8 Å². The third-order valence-corrected chi connectivity index (χ3v) is 6.69. The highest BCUT2D eigenvalue weighted by molar-refractivity contribution is 5.52. The Morgan fingerprint density at radius 1 is 1.14 bits per heavy atom. The second-order valence-electron chi connectivity index (χ2n) is 8.98. The van der Waals surface area contributed by atoms with Crippen molar-refractivity contribution in [3.05, 3.63) is 29.3 Å². The van der Waals surface area contributed by atoms with Crippen LogP contribution in [0.2, 0.25) is 0 Å². The van der Waals surface area contributed by atoms with E-state index >= 15 is 0 Å². The molecule has 0 saturated heterocycles. The first-order chi connectivity index (χ1) is 13.5. The van der Waals surface area contributed by atoms with E-state index in [4.69, 9.17) is 0 Å². The van der Waals surface area contributed by atoms with E-state index in [-0.39, 0.29) is 6.61 Å². The summed E-state index contributed by atoms with van der Waals surface area (Å²) in [7, 11) is 0. The average Bonchev–Trinajstić information content (AvgIpc) is 3.04. The first-order valence-electron chi connectivity index (χ1n) is 10.2. The highest BCUT2D eigenvalue weighted by atomic mass is 16.3. The summed E-state index contributed by atoms with van der Waals surface area (Å²) in [6, 6.07) is 4.06. The predicted molar refractivity (Wildman–Crippen MR) is 104 cm³/mol. The molecule has 8 heteroatoms. The molecule has 2 aromatic heterocycles. The van der Waals surface area contributed by atoms with E-state index in [0.717, 1.165) is 25.0 Å². The van der Waals surface area contributed by atoms with Gasteiger partial charge in [-0.25, -0.2) is 9.97 Å². The summed E-state index contributed by atoms with van der Waals surface area (Å²) in [6.07, 6.45) is 5.27. The fourth-order valence-electron chi connectivity index (χ4n) is 5.91. The van der Waals surface area contributed by atoms with E-state index in [2.05, 4.69) is 30.8 Å². The van der Waals surface area contributed by atoms with Gasteiger partial charge in [0.25, 0.3) is 0 Å². The van der Waals surface area contributed by atoms with Crippen molar-refractivity contribution in [2.45, 2.75) is 63.8 Å². The number of aromatic amines is 1. The van der Waals surface area contributed by atoms with E-state index in [9.17, 15) is 10.2 Å². The molecule has 4 aliphatic carbocycles. The maximum Gasteiger partial charge on any atom is 0.153 e. The number of hydrogen-bond donors (Lipinski definition) is 5. The van der Waals surface area contributed by atoms with Gasteiger partial charge < -0.3 is 20.8 Å². The minimum Gasteiger partial charge on any atom is -0.390 e. The molecule has 4 fully saturated rings. The Kier molecular flexibility index (Phi) is 4.37. The van der Waals surface area contributed by atoms with Gasteiger partial charge in [-0.15, -0.1) is 0 Å². The first-order valence-corrected chi connectivity index (χ1v) is 10.2. The van der Waals surface area contributed by atoms with Crippen LogP contribution in [0.1, 0.15) is 49.3 Å². The van der Waals surface area contributed by atoms with Gasteiger partial charge in [-0.1, -0.05) is 0 Å². The van der Waals surface area contributed by atoms with Gasteiger partial charge >= 0.3 is 0 Å². The van der Waals surface area contributed by atoms with Crippen molar-refractivity contribution in [2.75, 3.05) is 5.32 Å². The zero-order valence-electron chi connectivity index (χ0n) is 16.1. The standard InChI is InChI=1S/C20H28N6O2/c1-11-2-17(26-25-11)23-16-5-15(10-27)22-18(24-16)9-21-19-13-3-12-4-14(19)8-20(28,6-12)7-13/h2,5,12-14,19,21,27-28H,3-4,6-10H2,1H3,(H2,22,23,24,25,26). The maximum atomic E-state index is 10.8. The third-order valence-electron chi connectivity index (χ3n) is 6.69. The Bertz CT molecular complexity index is 852.